The van der Waals surface area contributed by atoms with Crippen molar-refractivity contribution < 1.29 is 28.4 Å². The molecule has 1 aromatic carbocycles. The Morgan fingerprint density at radius 1 is 1.12 bits per heavy atom. The second-order valence-electron chi connectivity index (χ2n) is 4.70. The molecule has 0 aliphatic heterocycles. The summed E-state index contributed by atoms with van der Waals surface area (Å²) in [6, 6.07) is 3.44. The average Bonchev–Trinajstić information content (AvgIpc) is 3.01. The first-order valence-electron chi connectivity index (χ1n) is 7.02. The van der Waals surface area contributed by atoms with E-state index in [1.54, 1.807) is 25.1 Å². The normalized spacial score (nSPS) is 10.7. The van der Waals surface area contributed by atoms with Crippen LogP contribution in [0.2, 0.25) is 0 Å². The predicted molar refractivity (Wildman–Crippen MR) is 84.0 cm³/mol. The first-order chi connectivity index (χ1) is 11.6. The first-order valence-corrected chi connectivity index (χ1v) is 7.02. The molecule has 0 aliphatic carbocycles. The Bertz CT molecular complexity index is 713. The third-order valence-corrected chi connectivity index (χ3v) is 3.20. The number of aryl methyl sites for hydroxylation is 1. The number of carbonyl (C=O) groups excluding carboxylic acids is 1. The number of esters is 1. The topological polar surface area (TPSA) is 92.9 Å². The second kappa shape index (κ2) is 8.00. The van der Waals surface area contributed by atoms with Gasteiger partial charge in [0.15, 0.2) is 11.5 Å². The summed E-state index contributed by atoms with van der Waals surface area (Å²) in [6.45, 7) is 1.71. The molecule has 0 N–H and O–H groups in total. The molecule has 1 aromatic heterocycles. The molecule has 8 heteroatoms. The molecule has 0 atom stereocenters. The van der Waals surface area contributed by atoms with Crippen LogP contribution in [-0.2, 0) is 16.1 Å². The van der Waals surface area contributed by atoms with Gasteiger partial charge in [-0.15, -0.1) is 0 Å². The minimum Gasteiger partial charge on any atom is -0.493 e. The molecule has 1 heterocycles. The van der Waals surface area contributed by atoms with Gasteiger partial charge in [0.05, 0.1) is 21.3 Å². The molecule has 0 aliphatic rings. The Labute approximate surface area is 138 Å². The Balaban J connectivity index is 2.07. The average molecular weight is 334 g/mol. The van der Waals surface area contributed by atoms with Crippen molar-refractivity contribution in [1.82, 2.24) is 10.3 Å². The van der Waals surface area contributed by atoms with E-state index in [0.717, 1.165) is 0 Å². The van der Waals surface area contributed by atoms with E-state index in [4.69, 9.17) is 18.9 Å². The number of hydrogen-bond acceptors (Lipinski definition) is 8. The van der Waals surface area contributed by atoms with E-state index in [-0.39, 0.29) is 6.61 Å². The lowest BCUT2D eigenvalue weighted by molar-refractivity contribution is -0.139. The van der Waals surface area contributed by atoms with Gasteiger partial charge in [-0.2, -0.15) is 0 Å². The number of rotatable bonds is 7. The van der Waals surface area contributed by atoms with Crippen molar-refractivity contribution in [2.24, 2.45) is 0 Å². The zero-order chi connectivity index (χ0) is 17.5. The summed E-state index contributed by atoms with van der Waals surface area (Å²) < 4.78 is 25.4. The van der Waals surface area contributed by atoms with E-state index >= 15 is 0 Å². The summed E-state index contributed by atoms with van der Waals surface area (Å²) in [5.74, 6) is 0.947. The van der Waals surface area contributed by atoms with E-state index < -0.39 is 5.97 Å². The molecular weight excluding hydrogens is 316 g/mol. The summed E-state index contributed by atoms with van der Waals surface area (Å²) in [5.41, 5.74) is 1.75. The maximum atomic E-state index is 11.8. The zero-order valence-corrected chi connectivity index (χ0v) is 13.9. The van der Waals surface area contributed by atoms with Crippen LogP contribution in [0.15, 0.2) is 22.8 Å². The predicted octanol–water partition coefficient (Wildman–Crippen LogP) is 2.16. The second-order valence-corrected chi connectivity index (χ2v) is 4.70. The molecule has 2 aromatic rings. The lowest BCUT2D eigenvalue weighted by Crippen LogP contribution is -2.02. The van der Waals surface area contributed by atoms with Gasteiger partial charge >= 0.3 is 5.97 Å². The highest BCUT2D eigenvalue weighted by Gasteiger charge is 2.12. The Hall–Kier alpha value is -3.03. The fraction of sp³-hybridized carbons (Fsp3) is 0.312. The van der Waals surface area contributed by atoms with Gasteiger partial charge in [0.2, 0.25) is 5.75 Å². The molecule has 2 rings (SSSR count). The quantitative estimate of drug-likeness (QED) is 0.562. The van der Waals surface area contributed by atoms with Crippen molar-refractivity contribution >= 4 is 12.0 Å². The van der Waals surface area contributed by atoms with Gasteiger partial charge in [0.1, 0.15) is 18.0 Å². The summed E-state index contributed by atoms with van der Waals surface area (Å²) in [7, 11) is 4.56. The number of nitrogens with zero attached hydrogens (tertiary/aromatic N) is 2. The first kappa shape index (κ1) is 17.3. The molecule has 0 saturated heterocycles. The Kier molecular flexibility index (Phi) is 5.78. The van der Waals surface area contributed by atoms with Crippen LogP contribution in [-0.4, -0.2) is 37.6 Å². The third kappa shape index (κ3) is 4.03. The third-order valence-electron chi connectivity index (χ3n) is 3.20. The van der Waals surface area contributed by atoms with Crippen molar-refractivity contribution in [1.29, 1.82) is 0 Å². The minimum atomic E-state index is -0.522. The van der Waals surface area contributed by atoms with Gasteiger partial charge in [-0.05, 0) is 30.7 Å². The number of ether oxygens (including phenoxy) is 4. The van der Waals surface area contributed by atoms with E-state index in [9.17, 15) is 4.79 Å². The van der Waals surface area contributed by atoms with Gasteiger partial charge in [-0.3, -0.25) is 0 Å². The number of methoxy groups -OCH3 is 3. The van der Waals surface area contributed by atoms with Gasteiger partial charge in [0.25, 0.3) is 0 Å². The van der Waals surface area contributed by atoms with Gasteiger partial charge < -0.3 is 18.9 Å². The summed E-state index contributed by atoms with van der Waals surface area (Å²) in [4.78, 5) is 11.8. The number of carbonyl (C=O) groups is 1. The molecular formula is C16H18N2O6. The molecule has 128 valence electrons. The monoisotopic (exact) mass is 334 g/mol. The molecule has 0 fully saturated rings. The maximum absolute atomic E-state index is 11.8. The van der Waals surface area contributed by atoms with Crippen LogP contribution in [0.3, 0.4) is 0 Å². The van der Waals surface area contributed by atoms with Crippen LogP contribution in [0, 0.1) is 6.92 Å². The molecule has 8 nitrogen and oxygen atoms in total. The molecule has 0 amide bonds. The zero-order valence-electron chi connectivity index (χ0n) is 13.9. The van der Waals surface area contributed by atoms with Crippen LogP contribution in [0.1, 0.15) is 17.0 Å². The van der Waals surface area contributed by atoms with E-state index in [2.05, 4.69) is 14.9 Å². The molecule has 0 bridgehead atoms. The summed E-state index contributed by atoms with van der Waals surface area (Å²) in [6.07, 6.45) is 2.88. The summed E-state index contributed by atoms with van der Waals surface area (Å²) >= 11 is 0. The lowest BCUT2D eigenvalue weighted by Gasteiger charge is -2.12. The molecule has 24 heavy (non-hydrogen) atoms. The van der Waals surface area contributed by atoms with Crippen LogP contribution in [0.4, 0.5) is 0 Å². The fourth-order valence-electron chi connectivity index (χ4n) is 1.93. The lowest BCUT2D eigenvalue weighted by atomic mass is 10.1. The van der Waals surface area contributed by atoms with E-state index in [0.29, 0.717) is 34.2 Å². The SMILES string of the molecule is COc1cc(/C=C\C(=O)OCc2nonc2C)cc(OC)c1OC. The highest BCUT2D eigenvalue weighted by molar-refractivity contribution is 5.87. The van der Waals surface area contributed by atoms with Crippen LogP contribution >= 0.6 is 0 Å². The van der Waals surface area contributed by atoms with Crippen molar-refractivity contribution in [2.45, 2.75) is 13.5 Å². The van der Waals surface area contributed by atoms with Crippen LogP contribution in [0.25, 0.3) is 6.08 Å². The molecule has 0 saturated carbocycles. The van der Waals surface area contributed by atoms with Crippen molar-refractivity contribution in [3.63, 3.8) is 0 Å². The smallest absolute Gasteiger partial charge is 0.331 e. The van der Waals surface area contributed by atoms with Gasteiger partial charge in [0, 0.05) is 6.08 Å². The maximum Gasteiger partial charge on any atom is 0.331 e. The minimum absolute atomic E-state index is 0.00619. The number of hydrogen-bond donors (Lipinski definition) is 0. The van der Waals surface area contributed by atoms with Crippen LogP contribution in [0.5, 0.6) is 17.2 Å². The number of benzene rings is 1. The summed E-state index contributed by atoms with van der Waals surface area (Å²) in [5, 5.41) is 7.24. The van der Waals surface area contributed by atoms with E-state index in [1.807, 2.05) is 0 Å². The largest absolute Gasteiger partial charge is 0.493 e. The molecule has 0 unspecified atom stereocenters. The van der Waals surface area contributed by atoms with Crippen molar-refractivity contribution in [2.75, 3.05) is 21.3 Å². The van der Waals surface area contributed by atoms with Crippen LogP contribution < -0.4 is 14.2 Å². The van der Waals surface area contributed by atoms with Gasteiger partial charge in [-0.25, -0.2) is 9.42 Å². The Morgan fingerprint density at radius 2 is 1.79 bits per heavy atom. The van der Waals surface area contributed by atoms with E-state index in [1.165, 1.54) is 27.4 Å². The Morgan fingerprint density at radius 3 is 2.29 bits per heavy atom. The molecule has 0 spiro atoms. The molecule has 0 radical (unpaired) electrons. The highest BCUT2D eigenvalue weighted by Crippen LogP contribution is 2.38. The number of aromatic nitrogens is 2. The highest BCUT2D eigenvalue weighted by atomic mass is 16.6. The van der Waals surface area contributed by atoms with Crippen molar-refractivity contribution in [3.05, 3.63) is 35.2 Å². The fourth-order valence-corrected chi connectivity index (χ4v) is 1.93. The standard InChI is InChI=1S/C16H18N2O6/c1-10-12(18-24-17-10)9-23-15(19)6-5-11-7-13(20-2)16(22-4)14(8-11)21-3/h5-8H,9H2,1-4H3/b6-5-. The van der Waals surface area contributed by atoms with Gasteiger partial charge in [-0.1, -0.05) is 10.3 Å². The van der Waals surface area contributed by atoms with Crippen molar-refractivity contribution in [3.8, 4) is 17.2 Å².